The zero-order chi connectivity index (χ0) is 17.1. The number of hydrogen-bond acceptors (Lipinski definition) is 5. The van der Waals surface area contributed by atoms with Crippen LogP contribution in [-0.4, -0.2) is 42.9 Å². The van der Waals surface area contributed by atoms with Crippen LogP contribution >= 0.6 is 11.6 Å². The Kier molecular flexibility index (Phi) is 5.75. The second kappa shape index (κ2) is 6.95. The zero-order valence-electron chi connectivity index (χ0n) is 12.0. The number of halogens is 1. The second-order valence-corrected chi connectivity index (χ2v) is 7.37. The molecule has 8 nitrogen and oxygen atoms in total. The highest BCUT2D eigenvalue weighted by Crippen LogP contribution is 2.21. The van der Waals surface area contributed by atoms with Crippen molar-refractivity contribution in [2.24, 2.45) is 4.40 Å². The van der Waals surface area contributed by atoms with E-state index < -0.39 is 28.3 Å². The summed E-state index contributed by atoms with van der Waals surface area (Å²) in [5, 5.41) is 17.9. The maximum absolute atomic E-state index is 11.8. The summed E-state index contributed by atoms with van der Waals surface area (Å²) in [6.07, 6.45) is -2.29. The molecule has 22 heavy (non-hydrogen) atoms. The van der Waals surface area contributed by atoms with Crippen LogP contribution in [0.1, 0.15) is 26.5 Å². The normalized spacial score (nSPS) is 13.1. The van der Waals surface area contributed by atoms with E-state index in [0.29, 0.717) is 0 Å². The highest BCUT2D eigenvalue weighted by Gasteiger charge is 2.27. The van der Waals surface area contributed by atoms with Gasteiger partial charge in [0, 0.05) is 0 Å². The summed E-state index contributed by atoms with van der Waals surface area (Å²) in [5.74, 6) is -0.354. The molecule has 120 valence electrons. The summed E-state index contributed by atoms with van der Waals surface area (Å²) in [4.78, 5) is 25.7. The van der Waals surface area contributed by atoms with Gasteiger partial charge in [0.05, 0.1) is 5.02 Å². The smallest absolute Gasteiger partial charge is 0.422 e. The average Bonchev–Trinajstić information content (AvgIpc) is 2.36. The maximum atomic E-state index is 11.8. The van der Waals surface area contributed by atoms with Gasteiger partial charge in [0.15, 0.2) is 0 Å². The Morgan fingerprint density at radius 2 is 1.91 bits per heavy atom. The van der Waals surface area contributed by atoms with Gasteiger partial charge in [-0.2, -0.15) is 4.90 Å². The predicted molar refractivity (Wildman–Crippen MR) is 83.3 cm³/mol. The highest BCUT2D eigenvalue weighted by atomic mass is 35.5. The van der Waals surface area contributed by atoms with Crippen molar-refractivity contribution in [2.75, 3.05) is 4.90 Å². The van der Waals surface area contributed by atoms with Gasteiger partial charge in [0.1, 0.15) is 33.8 Å². The number of carboxylic acid groups (broad SMARTS) is 2. The van der Waals surface area contributed by atoms with E-state index in [1.165, 1.54) is 6.07 Å². The Morgan fingerprint density at radius 3 is 2.36 bits per heavy atom. The van der Waals surface area contributed by atoms with E-state index in [1.807, 2.05) is 0 Å². The molecular weight excluding hydrogens is 334 g/mol. The van der Waals surface area contributed by atoms with Gasteiger partial charge in [-0.3, -0.25) is 0 Å². The SMILES string of the molecule is CC(C)(C)[S@+]([O-])N=Cc1nc(N(C(=O)O)C(=O)O)ccc1Cl. The fraction of sp³-hybridized carbons (Fsp3) is 0.333. The van der Waals surface area contributed by atoms with Crippen molar-refractivity contribution in [3.63, 3.8) is 0 Å². The topological polar surface area (TPSA) is 126 Å². The minimum Gasteiger partial charge on any atom is -0.591 e. The number of aromatic nitrogens is 1. The molecule has 0 aliphatic carbocycles. The molecule has 0 bridgehead atoms. The number of carbonyl (C=O) groups is 2. The molecule has 10 heteroatoms. The minimum atomic E-state index is -1.71. The lowest BCUT2D eigenvalue weighted by Gasteiger charge is -2.17. The molecular formula is C12H14ClN3O5S. The van der Waals surface area contributed by atoms with Crippen molar-refractivity contribution in [3.8, 4) is 0 Å². The minimum absolute atomic E-state index is 0.0178. The van der Waals surface area contributed by atoms with Crippen molar-refractivity contribution in [1.82, 2.24) is 4.98 Å². The van der Waals surface area contributed by atoms with Crippen LogP contribution < -0.4 is 4.90 Å². The number of imide groups is 1. The monoisotopic (exact) mass is 347 g/mol. The maximum Gasteiger partial charge on any atom is 0.422 e. The molecule has 2 N–H and O–H groups in total. The number of amides is 2. The van der Waals surface area contributed by atoms with Crippen molar-refractivity contribution < 1.29 is 24.4 Å². The molecule has 0 radical (unpaired) electrons. The van der Waals surface area contributed by atoms with Crippen LogP contribution in [0, 0.1) is 0 Å². The van der Waals surface area contributed by atoms with Gasteiger partial charge >= 0.3 is 12.2 Å². The third kappa shape index (κ3) is 4.58. The number of rotatable bonds is 3. The average molecular weight is 348 g/mol. The molecule has 0 aliphatic rings. The Balaban J connectivity index is 3.18. The lowest BCUT2D eigenvalue weighted by atomic mass is 10.3. The Bertz CT molecular complexity index is 603. The largest absolute Gasteiger partial charge is 0.591 e. The Hall–Kier alpha value is -1.84. The van der Waals surface area contributed by atoms with Gasteiger partial charge in [-0.15, -0.1) is 0 Å². The molecule has 1 aromatic heterocycles. The van der Waals surface area contributed by atoms with E-state index >= 15 is 0 Å². The van der Waals surface area contributed by atoms with E-state index in [4.69, 9.17) is 21.8 Å². The first-order valence-electron chi connectivity index (χ1n) is 5.92. The van der Waals surface area contributed by atoms with Gasteiger partial charge in [0.2, 0.25) is 0 Å². The molecule has 0 aromatic carbocycles. The van der Waals surface area contributed by atoms with Gasteiger partial charge < -0.3 is 14.8 Å². The number of anilines is 1. The second-order valence-electron chi connectivity index (χ2n) is 5.03. The first-order chi connectivity index (χ1) is 10.0. The van der Waals surface area contributed by atoms with Gasteiger partial charge in [0.25, 0.3) is 0 Å². The lowest BCUT2D eigenvalue weighted by molar-refractivity contribution is 0.184. The van der Waals surface area contributed by atoms with Crippen LogP contribution in [0.3, 0.4) is 0 Å². The Labute approximate surface area is 134 Å². The van der Waals surface area contributed by atoms with Crippen molar-refractivity contribution in [1.29, 1.82) is 0 Å². The molecule has 0 spiro atoms. The molecule has 1 aromatic rings. The Morgan fingerprint density at radius 1 is 1.36 bits per heavy atom. The van der Waals surface area contributed by atoms with E-state index in [-0.39, 0.29) is 21.4 Å². The van der Waals surface area contributed by atoms with Crippen LogP contribution in [0.25, 0.3) is 0 Å². The first kappa shape index (κ1) is 18.2. The van der Waals surface area contributed by atoms with Crippen LogP contribution in [0.4, 0.5) is 15.4 Å². The molecule has 1 atom stereocenters. The summed E-state index contributed by atoms with van der Waals surface area (Å²) < 4.78 is 15.0. The number of pyridine rings is 1. The van der Waals surface area contributed by atoms with Crippen LogP contribution in [0.2, 0.25) is 5.02 Å². The predicted octanol–water partition coefficient (Wildman–Crippen LogP) is 2.78. The number of hydrogen-bond donors (Lipinski definition) is 2. The molecule has 0 saturated heterocycles. The number of nitrogens with zero attached hydrogens (tertiary/aromatic N) is 3. The standard InChI is InChI=1S/C12H14ClN3O5S/c1-12(2,3)22(21)14-6-8-7(13)4-5-9(15-8)16(10(17)18)11(19)20/h4-6H,1-3H3,(H,17,18)(H,19,20)/t22-/m0/s1. The van der Waals surface area contributed by atoms with Gasteiger partial charge in [-0.25, -0.2) is 14.6 Å². The summed E-state index contributed by atoms with van der Waals surface area (Å²) in [6, 6.07) is 2.42. The molecule has 0 aliphatic heterocycles. The fourth-order valence-corrected chi connectivity index (χ4v) is 1.86. The first-order valence-corrected chi connectivity index (χ1v) is 7.41. The summed E-state index contributed by atoms with van der Waals surface area (Å²) in [6.45, 7) is 5.17. The van der Waals surface area contributed by atoms with E-state index in [2.05, 4.69) is 9.38 Å². The van der Waals surface area contributed by atoms with Crippen LogP contribution in [0.5, 0.6) is 0 Å². The molecule has 0 fully saturated rings. The van der Waals surface area contributed by atoms with Gasteiger partial charge in [-0.1, -0.05) is 16.0 Å². The zero-order valence-corrected chi connectivity index (χ0v) is 13.6. The molecule has 1 rings (SSSR count). The van der Waals surface area contributed by atoms with Crippen molar-refractivity contribution >= 4 is 47.2 Å². The van der Waals surface area contributed by atoms with Crippen LogP contribution in [0.15, 0.2) is 16.5 Å². The molecule has 1 heterocycles. The van der Waals surface area contributed by atoms with Crippen LogP contribution in [-0.2, 0) is 11.4 Å². The highest BCUT2D eigenvalue weighted by molar-refractivity contribution is 7.91. The van der Waals surface area contributed by atoms with E-state index in [9.17, 15) is 14.1 Å². The van der Waals surface area contributed by atoms with E-state index in [0.717, 1.165) is 12.3 Å². The third-order valence-corrected chi connectivity index (χ3v) is 3.93. The molecule has 0 unspecified atom stereocenters. The fourth-order valence-electron chi connectivity index (χ4n) is 1.20. The van der Waals surface area contributed by atoms with Crippen molar-refractivity contribution in [2.45, 2.75) is 25.5 Å². The molecule has 0 saturated carbocycles. The quantitative estimate of drug-likeness (QED) is 0.639. The molecule has 2 amide bonds. The van der Waals surface area contributed by atoms with E-state index in [1.54, 1.807) is 20.8 Å². The van der Waals surface area contributed by atoms with Gasteiger partial charge in [-0.05, 0) is 32.9 Å². The summed E-state index contributed by atoms with van der Waals surface area (Å²) in [5.41, 5.74) is 0.0178. The third-order valence-electron chi connectivity index (χ3n) is 2.26. The summed E-state index contributed by atoms with van der Waals surface area (Å²) >= 11 is 4.34. The lowest BCUT2D eigenvalue weighted by Crippen LogP contribution is -2.35. The summed E-state index contributed by atoms with van der Waals surface area (Å²) in [7, 11) is 0. The van der Waals surface area contributed by atoms with Crippen molar-refractivity contribution in [3.05, 3.63) is 22.8 Å².